The molecule has 0 spiro atoms. The van der Waals surface area contributed by atoms with Crippen LogP contribution in [0.25, 0.3) is 5.70 Å². The van der Waals surface area contributed by atoms with Gasteiger partial charge in [-0.1, -0.05) is 23.7 Å². The molecule has 7 heteroatoms. The molecule has 0 amide bonds. The first kappa shape index (κ1) is 19.0. The van der Waals surface area contributed by atoms with Gasteiger partial charge in [0.25, 0.3) is 0 Å². The normalized spacial score (nSPS) is 25.1. The van der Waals surface area contributed by atoms with Gasteiger partial charge in [-0.15, -0.1) is 0 Å². The molecule has 0 saturated carbocycles. The first-order valence-electron chi connectivity index (χ1n) is 10.3. The predicted octanol–water partition coefficient (Wildman–Crippen LogP) is 2.32. The Bertz CT molecular complexity index is 824. The van der Waals surface area contributed by atoms with Crippen molar-refractivity contribution in [3.63, 3.8) is 0 Å². The Kier molecular flexibility index (Phi) is 5.50. The molecule has 2 saturated heterocycles. The molecule has 1 atom stereocenters. The van der Waals surface area contributed by atoms with Gasteiger partial charge in [0.15, 0.2) is 0 Å². The summed E-state index contributed by atoms with van der Waals surface area (Å²) in [6, 6.07) is 8.11. The fourth-order valence-electron chi connectivity index (χ4n) is 4.28. The van der Waals surface area contributed by atoms with E-state index in [1.807, 2.05) is 12.1 Å². The summed E-state index contributed by atoms with van der Waals surface area (Å²) in [5, 5.41) is 4.48. The van der Waals surface area contributed by atoms with Gasteiger partial charge in [-0.3, -0.25) is 4.90 Å². The number of benzene rings is 1. The van der Waals surface area contributed by atoms with E-state index in [0.717, 1.165) is 64.2 Å². The summed E-state index contributed by atoms with van der Waals surface area (Å²) in [6.07, 6.45) is 6.92. The monoisotopic (exact) mass is 414 g/mol. The molecule has 0 aliphatic carbocycles. The highest BCUT2D eigenvalue weighted by Gasteiger charge is 2.33. The molecule has 4 aliphatic heterocycles. The Morgan fingerprint density at radius 3 is 2.38 bits per heavy atom. The van der Waals surface area contributed by atoms with Crippen LogP contribution in [0.2, 0.25) is 5.02 Å². The zero-order chi connectivity index (χ0) is 19.6. The summed E-state index contributed by atoms with van der Waals surface area (Å²) < 4.78 is 11.1. The predicted molar refractivity (Wildman–Crippen MR) is 114 cm³/mol. The quantitative estimate of drug-likeness (QED) is 0.815. The van der Waals surface area contributed by atoms with Gasteiger partial charge in [0.05, 0.1) is 43.5 Å². The number of halogens is 1. The van der Waals surface area contributed by atoms with Crippen molar-refractivity contribution in [2.75, 3.05) is 59.2 Å². The van der Waals surface area contributed by atoms with E-state index in [1.165, 1.54) is 22.7 Å². The van der Waals surface area contributed by atoms with Crippen LogP contribution in [0.3, 0.4) is 0 Å². The van der Waals surface area contributed by atoms with E-state index in [4.69, 9.17) is 21.1 Å². The van der Waals surface area contributed by atoms with Crippen LogP contribution < -0.4 is 5.32 Å². The van der Waals surface area contributed by atoms with Crippen molar-refractivity contribution in [3.8, 4) is 0 Å². The number of rotatable bonds is 4. The van der Waals surface area contributed by atoms with Crippen molar-refractivity contribution in [3.05, 3.63) is 64.6 Å². The van der Waals surface area contributed by atoms with Gasteiger partial charge in [0.2, 0.25) is 0 Å². The van der Waals surface area contributed by atoms with Crippen molar-refractivity contribution in [1.29, 1.82) is 0 Å². The smallest absolute Gasteiger partial charge is 0.123 e. The van der Waals surface area contributed by atoms with Crippen LogP contribution in [-0.4, -0.2) is 80.0 Å². The van der Waals surface area contributed by atoms with Gasteiger partial charge in [-0.05, 0) is 29.8 Å². The Labute approximate surface area is 177 Å². The maximum Gasteiger partial charge on any atom is 0.123 e. The number of hydrogen-bond acceptors (Lipinski definition) is 6. The first-order valence-corrected chi connectivity index (χ1v) is 10.7. The van der Waals surface area contributed by atoms with E-state index < -0.39 is 0 Å². The zero-order valence-corrected chi connectivity index (χ0v) is 17.3. The maximum atomic E-state index is 6.13. The molecule has 29 heavy (non-hydrogen) atoms. The van der Waals surface area contributed by atoms with E-state index in [1.54, 1.807) is 0 Å². The fraction of sp³-hybridized carbons (Fsp3) is 0.455. The van der Waals surface area contributed by atoms with E-state index in [0.29, 0.717) is 0 Å². The van der Waals surface area contributed by atoms with E-state index in [-0.39, 0.29) is 6.17 Å². The Balaban J connectivity index is 1.47. The topological polar surface area (TPSA) is 40.2 Å². The molecule has 0 radical (unpaired) electrons. The van der Waals surface area contributed by atoms with Crippen LogP contribution in [0.1, 0.15) is 5.56 Å². The summed E-state index contributed by atoms with van der Waals surface area (Å²) in [7, 11) is 0. The maximum absolute atomic E-state index is 6.13. The van der Waals surface area contributed by atoms with Crippen molar-refractivity contribution in [2.24, 2.45) is 0 Å². The molecule has 0 aromatic heterocycles. The Morgan fingerprint density at radius 1 is 0.966 bits per heavy atom. The Hall–Kier alpha value is -1.99. The van der Waals surface area contributed by atoms with E-state index >= 15 is 0 Å². The fourth-order valence-corrected chi connectivity index (χ4v) is 4.40. The molecule has 154 valence electrons. The van der Waals surface area contributed by atoms with E-state index in [9.17, 15) is 0 Å². The van der Waals surface area contributed by atoms with Crippen LogP contribution in [0.5, 0.6) is 0 Å². The van der Waals surface area contributed by atoms with Crippen LogP contribution in [-0.2, 0) is 9.47 Å². The average Bonchev–Trinajstić information content (AvgIpc) is 3.13. The van der Waals surface area contributed by atoms with E-state index in [2.05, 4.69) is 50.5 Å². The molecule has 2 fully saturated rings. The lowest BCUT2D eigenvalue weighted by molar-refractivity contribution is 0.0398. The summed E-state index contributed by atoms with van der Waals surface area (Å²) in [4.78, 5) is 7.27. The summed E-state index contributed by atoms with van der Waals surface area (Å²) in [5.41, 5.74) is 4.90. The second-order valence-electron chi connectivity index (χ2n) is 7.73. The molecule has 6 nitrogen and oxygen atoms in total. The van der Waals surface area contributed by atoms with Crippen molar-refractivity contribution in [1.82, 2.24) is 20.0 Å². The molecule has 0 bridgehead atoms. The van der Waals surface area contributed by atoms with Gasteiger partial charge in [-0.2, -0.15) is 0 Å². The molecule has 1 N–H and O–H groups in total. The minimum atomic E-state index is 0.140. The van der Waals surface area contributed by atoms with Crippen LogP contribution in [0.4, 0.5) is 0 Å². The van der Waals surface area contributed by atoms with Crippen LogP contribution in [0, 0.1) is 0 Å². The van der Waals surface area contributed by atoms with Crippen LogP contribution in [0.15, 0.2) is 54.0 Å². The molecular weight excluding hydrogens is 388 g/mol. The molecule has 1 aromatic rings. The van der Waals surface area contributed by atoms with Gasteiger partial charge in [-0.25, -0.2) is 0 Å². The lowest BCUT2D eigenvalue weighted by Gasteiger charge is -2.36. The highest BCUT2D eigenvalue weighted by Crippen LogP contribution is 2.33. The molecule has 4 heterocycles. The zero-order valence-electron chi connectivity index (χ0n) is 16.5. The molecule has 4 aliphatic rings. The number of hydrogen-bond donors (Lipinski definition) is 1. The molecular formula is C22H27ClN4O2. The van der Waals surface area contributed by atoms with Crippen molar-refractivity contribution in [2.45, 2.75) is 6.17 Å². The third-order valence-electron chi connectivity index (χ3n) is 5.90. The highest BCUT2D eigenvalue weighted by atomic mass is 35.5. The SMILES string of the molecule is Clc1ccc(C2=C(CN3CCOCC3)N3C=C(N4CCOCC4)C=CC3N2)cc1. The molecule has 1 unspecified atom stereocenters. The molecule has 5 rings (SSSR count). The second-order valence-corrected chi connectivity index (χ2v) is 8.16. The number of nitrogens with one attached hydrogen (secondary N) is 1. The highest BCUT2D eigenvalue weighted by molar-refractivity contribution is 6.30. The van der Waals surface area contributed by atoms with Crippen molar-refractivity contribution >= 4 is 17.3 Å². The van der Waals surface area contributed by atoms with Gasteiger partial charge in [0, 0.05) is 43.9 Å². The van der Waals surface area contributed by atoms with Gasteiger partial charge >= 0.3 is 0 Å². The minimum absolute atomic E-state index is 0.140. The van der Waals surface area contributed by atoms with Gasteiger partial charge < -0.3 is 24.6 Å². The van der Waals surface area contributed by atoms with Crippen LogP contribution >= 0.6 is 11.6 Å². The number of ether oxygens (including phenoxy) is 2. The second kappa shape index (κ2) is 8.40. The largest absolute Gasteiger partial charge is 0.379 e. The lowest BCUT2D eigenvalue weighted by Crippen LogP contribution is -2.42. The van der Waals surface area contributed by atoms with Gasteiger partial charge in [0.1, 0.15) is 6.17 Å². The number of morpholine rings is 2. The number of nitrogens with zero attached hydrogens (tertiary/aromatic N) is 3. The first-order chi connectivity index (χ1) is 14.3. The molecule has 1 aromatic carbocycles. The Morgan fingerprint density at radius 2 is 1.66 bits per heavy atom. The summed E-state index contributed by atoms with van der Waals surface area (Å²) in [6.45, 7) is 7.88. The summed E-state index contributed by atoms with van der Waals surface area (Å²) in [5.74, 6) is 0. The van der Waals surface area contributed by atoms with Crippen molar-refractivity contribution < 1.29 is 9.47 Å². The third kappa shape index (κ3) is 4.03. The standard InChI is InChI=1S/C22H27ClN4O2/c23-18-3-1-17(2-4-18)22-20(16-25-7-11-28-12-8-25)27-15-19(5-6-21(27)24-22)26-9-13-29-14-10-26/h1-6,15,21,24H,7-14,16H2. The minimum Gasteiger partial charge on any atom is -0.379 e. The average molecular weight is 415 g/mol. The third-order valence-corrected chi connectivity index (χ3v) is 6.15. The summed E-state index contributed by atoms with van der Waals surface area (Å²) >= 11 is 6.13. The number of allylic oxidation sites excluding steroid dienone is 1. The number of fused-ring (bicyclic) bond motifs is 1. The lowest BCUT2D eigenvalue weighted by atomic mass is 10.1.